The van der Waals surface area contributed by atoms with Crippen LogP contribution in [0.15, 0.2) is 47.4 Å². The van der Waals surface area contributed by atoms with Crippen molar-refractivity contribution in [3.63, 3.8) is 0 Å². The summed E-state index contributed by atoms with van der Waals surface area (Å²) in [5.41, 5.74) is 1.25. The molecule has 0 aromatic heterocycles. The molecule has 0 atom stereocenters. The fourth-order valence-corrected chi connectivity index (χ4v) is 2.68. The number of hydrogen-bond acceptors (Lipinski definition) is 4. The van der Waals surface area contributed by atoms with Gasteiger partial charge in [-0.25, -0.2) is 8.42 Å². The molecule has 0 aliphatic carbocycles. The highest BCUT2D eigenvalue weighted by molar-refractivity contribution is 7.90. The molecule has 0 bridgehead atoms. The van der Waals surface area contributed by atoms with E-state index in [-0.39, 0.29) is 22.2 Å². The van der Waals surface area contributed by atoms with Crippen molar-refractivity contribution in [2.75, 3.05) is 18.2 Å². The van der Waals surface area contributed by atoms with Gasteiger partial charge in [0.2, 0.25) is 0 Å². The smallest absolute Gasteiger partial charge is 0.262 e. The normalized spacial score (nSPS) is 11.1. The number of anilines is 1. The summed E-state index contributed by atoms with van der Waals surface area (Å²) < 4.78 is 28.5. The highest BCUT2D eigenvalue weighted by atomic mass is 35.5. The number of halogens is 1. The number of hydrogen-bond donors (Lipinski definition) is 1. The number of rotatable bonds is 5. The van der Waals surface area contributed by atoms with Gasteiger partial charge in [0.1, 0.15) is 5.75 Å². The molecule has 0 aliphatic heterocycles. The minimum Gasteiger partial charge on any atom is -0.484 e. The number of amides is 1. The Morgan fingerprint density at radius 3 is 2.61 bits per heavy atom. The van der Waals surface area contributed by atoms with E-state index in [2.05, 4.69) is 5.32 Å². The number of carbonyl (C=O) groups is 1. The van der Waals surface area contributed by atoms with Crippen LogP contribution < -0.4 is 10.1 Å². The number of carbonyl (C=O) groups excluding carboxylic acids is 1. The van der Waals surface area contributed by atoms with Crippen LogP contribution in [0.1, 0.15) is 5.56 Å². The topological polar surface area (TPSA) is 72.5 Å². The van der Waals surface area contributed by atoms with Crippen molar-refractivity contribution >= 4 is 33.0 Å². The van der Waals surface area contributed by atoms with Crippen LogP contribution in [0, 0.1) is 6.92 Å². The molecule has 0 saturated heterocycles. The van der Waals surface area contributed by atoms with E-state index in [1.165, 1.54) is 18.2 Å². The molecule has 1 amide bonds. The van der Waals surface area contributed by atoms with Gasteiger partial charge in [-0.1, -0.05) is 23.7 Å². The summed E-state index contributed by atoms with van der Waals surface area (Å²) in [5.74, 6) is 0.148. The van der Waals surface area contributed by atoms with E-state index in [4.69, 9.17) is 16.3 Å². The van der Waals surface area contributed by atoms with E-state index in [9.17, 15) is 13.2 Å². The minimum atomic E-state index is -3.38. The molecule has 0 unspecified atom stereocenters. The molecule has 1 N–H and O–H groups in total. The van der Waals surface area contributed by atoms with Gasteiger partial charge in [-0.3, -0.25) is 4.79 Å². The lowest BCUT2D eigenvalue weighted by Gasteiger charge is -2.10. The molecule has 2 rings (SSSR count). The molecule has 0 radical (unpaired) electrons. The molecule has 0 heterocycles. The standard InChI is InChI=1S/C16H16ClNO4S/c1-11-4-3-5-12(8-11)22-10-16(19)18-15-9-13(23(2,20)21)6-7-14(15)17/h3-9H,10H2,1-2H3,(H,18,19). The average Bonchev–Trinajstić information content (AvgIpc) is 2.46. The molecular formula is C16H16ClNO4S. The van der Waals surface area contributed by atoms with Gasteiger partial charge < -0.3 is 10.1 Å². The third-order valence-corrected chi connectivity index (χ3v) is 4.44. The van der Waals surface area contributed by atoms with Crippen molar-refractivity contribution < 1.29 is 17.9 Å². The van der Waals surface area contributed by atoms with Crippen molar-refractivity contribution in [3.8, 4) is 5.75 Å². The average molecular weight is 354 g/mol. The second-order valence-corrected chi connectivity index (χ2v) is 7.49. The molecule has 7 heteroatoms. The van der Waals surface area contributed by atoms with E-state index in [0.717, 1.165) is 11.8 Å². The molecule has 0 saturated carbocycles. The molecule has 0 spiro atoms. The monoisotopic (exact) mass is 353 g/mol. The summed E-state index contributed by atoms with van der Waals surface area (Å²) >= 11 is 5.98. The van der Waals surface area contributed by atoms with Gasteiger partial charge in [-0.05, 0) is 42.8 Å². The summed E-state index contributed by atoms with van der Waals surface area (Å²) in [6.45, 7) is 1.71. The van der Waals surface area contributed by atoms with Gasteiger partial charge in [0.05, 0.1) is 15.6 Å². The van der Waals surface area contributed by atoms with Crippen molar-refractivity contribution in [2.45, 2.75) is 11.8 Å². The van der Waals surface area contributed by atoms with Gasteiger partial charge in [0, 0.05) is 6.26 Å². The van der Waals surface area contributed by atoms with Gasteiger partial charge in [0.25, 0.3) is 5.91 Å². The molecule has 5 nitrogen and oxygen atoms in total. The predicted molar refractivity (Wildman–Crippen MR) is 89.9 cm³/mol. The Labute approximate surface area is 140 Å². The Morgan fingerprint density at radius 1 is 1.22 bits per heavy atom. The van der Waals surface area contributed by atoms with E-state index in [1.54, 1.807) is 6.07 Å². The lowest BCUT2D eigenvalue weighted by atomic mass is 10.2. The van der Waals surface area contributed by atoms with Crippen LogP contribution in [0.3, 0.4) is 0 Å². The quantitative estimate of drug-likeness (QED) is 0.896. The summed E-state index contributed by atoms with van der Waals surface area (Å²) in [6, 6.07) is 11.4. The summed E-state index contributed by atoms with van der Waals surface area (Å²) in [5, 5.41) is 2.80. The first-order chi connectivity index (χ1) is 10.8. The van der Waals surface area contributed by atoms with Crippen LogP contribution in [-0.4, -0.2) is 27.2 Å². The third-order valence-electron chi connectivity index (χ3n) is 3.00. The second kappa shape index (κ2) is 7.02. The fourth-order valence-electron chi connectivity index (χ4n) is 1.87. The lowest BCUT2D eigenvalue weighted by Crippen LogP contribution is -2.20. The molecule has 0 aliphatic rings. The van der Waals surface area contributed by atoms with Crippen molar-refractivity contribution in [1.82, 2.24) is 0 Å². The van der Waals surface area contributed by atoms with Crippen LogP contribution in [0.25, 0.3) is 0 Å². The maximum absolute atomic E-state index is 11.9. The van der Waals surface area contributed by atoms with Gasteiger partial charge >= 0.3 is 0 Å². The SMILES string of the molecule is Cc1cccc(OCC(=O)Nc2cc(S(C)(=O)=O)ccc2Cl)c1. The largest absolute Gasteiger partial charge is 0.484 e. The van der Waals surface area contributed by atoms with E-state index >= 15 is 0 Å². The maximum Gasteiger partial charge on any atom is 0.262 e. The van der Waals surface area contributed by atoms with Crippen molar-refractivity contribution in [1.29, 1.82) is 0 Å². The van der Waals surface area contributed by atoms with Crippen molar-refractivity contribution in [2.24, 2.45) is 0 Å². The Morgan fingerprint density at radius 2 is 1.96 bits per heavy atom. The highest BCUT2D eigenvalue weighted by Crippen LogP contribution is 2.25. The van der Waals surface area contributed by atoms with Gasteiger partial charge in [0.15, 0.2) is 16.4 Å². The van der Waals surface area contributed by atoms with E-state index in [0.29, 0.717) is 5.75 Å². The Hall–Kier alpha value is -2.05. The maximum atomic E-state index is 11.9. The molecular weight excluding hydrogens is 338 g/mol. The molecule has 23 heavy (non-hydrogen) atoms. The number of sulfone groups is 1. The van der Waals surface area contributed by atoms with Crippen LogP contribution in [0.4, 0.5) is 5.69 Å². The molecule has 2 aromatic carbocycles. The van der Waals surface area contributed by atoms with Crippen LogP contribution in [-0.2, 0) is 14.6 Å². The first-order valence-corrected chi connectivity index (χ1v) is 9.01. The summed E-state index contributed by atoms with van der Waals surface area (Å²) in [6.07, 6.45) is 1.09. The number of aryl methyl sites for hydroxylation is 1. The Kier molecular flexibility index (Phi) is 5.28. The van der Waals surface area contributed by atoms with Crippen molar-refractivity contribution in [3.05, 3.63) is 53.1 Å². The number of benzene rings is 2. The number of nitrogens with one attached hydrogen (secondary N) is 1. The zero-order valence-corrected chi connectivity index (χ0v) is 14.2. The second-order valence-electron chi connectivity index (χ2n) is 5.07. The van der Waals surface area contributed by atoms with Crippen LogP contribution in [0.5, 0.6) is 5.75 Å². The zero-order valence-electron chi connectivity index (χ0n) is 12.7. The predicted octanol–water partition coefficient (Wildman–Crippen LogP) is 3.07. The lowest BCUT2D eigenvalue weighted by molar-refractivity contribution is -0.118. The first-order valence-electron chi connectivity index (χ1n) is 6.74. The van der Waals surface area contributed by atoms with E-state index in [1.807, 2.05) is 25.1 Å². The number of ether oxygens (including phenoxy) is 1. The fraction of sp³-hybridized carbons (Fsp3) is 0.188. The molecule has 122 valence electrons. The Balaban J connectivity index is 2.05. The third kappa shape index (κ3) is 4.97. The van der Waals surface area contributed by atoms with Gasteiger partial charge in [-0.2, -0.15) is 0 Å². The first kappa shape index (κ1) is 17.3. The van der Waals surface area contributed by atoms with Crippen LogP contribution >= 0.6 is 11.6 Å². The summed E-state index contributed by atoms with van der Waals surface area (Å²) in [4.78, 5) is 12.0. The highest BCUT2D eigenvalue weighted by Gasteiger charge is 2.12. The molecule has 2 aromatic rings. The summed E-state index contributed by atoms with van der Waals surface area (Å²) in [7, 11) is -3.38. The minimum absolute atomic E-state index is 0.0804. The van der Waals surface area contributed by atoms with E-state index < -0.39 is 15.7 Å². The zero-order chi connectivity index (χ0) is 17.0. The van der Waals surface area contributed by atoms with Gasteiger partial charge in [-0.15, -0.1) is 0 Å². The molecule has 0 fully saturated rings. The van der Waals surface area contributed by atoms with Crippen LogP contribution in [0.2, 0.25) is 5.02 Å². The Bertz CT molecular complexity index is 834.